The number of esters is 3. The number of β-amino-alcohol motifs (C(OH)–C–C–N with tert-alkyl or cyclic N) is 1. The predicted octanol–water partition coefficient (Wildman–Crippen LogP) is 11.1. The minimum Gasteiger partial charge on any atom is -0.465 e. The maximum atomic E-state index is 13.3. The van der Waals surface area contributed by atoms with Crippen LogP contribution in [0.5, 0.6) is 0 Å². The maximum absolute atomic E-state index is 13.3. The number of rotatable bonds is 38. The van der Waals surface area contributed by atoms with Crippen LogP contribution in [-0.4, -0.2) is 73.5 Å². The highest BCUT2D eigenvalue weighted by molar-refractivity contribution is 5.72. The van der Waals surface area contributed by atoms with Gasteiger partial charge in [0.15, 0.2) is 0 Å². The summed E-state index contributed by atoms with van der Waals surface area (Å²) in [7, 11) is 0. The summed E-state index contributed by atoms with van der Waals surface area (Å²) in [6, 6.07) is 0. The molecule has 0 aromatic carbocycles. The summed E-state index contributed by atoms with van der Waals surface area (Å²) >= 11 is 0. The molecule has 53 heavy (non-hydrogen) atoms. The van der Waals surface area contributed by atoms with Crippen molar-refractivity contribution in [1.82, 2.24) is 4.90 Å². The van der Waals surface area contributed by atoms with Crippen molar-refractivity contribution in [2.24, 2.45) is 11.8 Å². The first-order valence-corrected chi connectivity index (χ1v) is 22.4. The number of likely N-dealkylation sites (tertiary alicyclic amines) is 1. The number of aliphatic hydroxyl groups is 1. The Bertz CT molecular complexity index is 903. The Morgan fingerprint density at radius 2 is 0.981 bits per heavy atom. The molecule has 0 aromatic rings. The number of ether oxygens (including phenoxy) is 3. The molecule has 2 atom stereocenters. The largest absolute Gasteiger partial charge is 0.465 e. The van der Waals surface area contributed by atoms with Crippen LogP contribution in [0.15, 0.2) is 12.2 Å². The first-order valence-electron chi connectivity index (χ1n) is 22.4. The normalized spacial score (nSPS) is 14.6. The minimum atomic E-state index is -0.402. The molecule has 1 aliphatic heterocycles. The molecule has 0 bridgehead atoms. The van der Waals surface area contributed by atoms with Crippen molar-refractivity contribution in [2.75, 3.05) is 39.5 Å². The molecule has 0 saturated carbocycles. The molecule has 1 saturated heterocycles. The molecule has 1 fully saturated rings. The Labute approximate surface area is 325 Å². The summed E-state index contributed by atoms with van der Waals surface area (Å²) in [6.07, 6.45) is 34.7. The SMILES string of the molecule is CCCCCCCC/C=C\CCCCCCCC(=O)OCC(COC(=O)CCCN1CC(O)C1)COC(=O)C(CCCCCC)CCCCCCCC. The van der Waals surface area contributed by atoms with Crippen molar-refractivity contribution in [3.8, 4) is 0 Å². The highest BCUT2D eigenvalue weighted by atomic mass is 16.6. The molecule has 1 N–H and O–H groups in total. The maximum Gasteiger partial charge on any atom is 0.308 e. The highest BCUT2D eigenvalue weighted by Crippen LogP contribution is 2.21. The van der Waals surface area contributed by atoms with Crippen molar-refractivity contribution < 1.29 is 33.7 Å². The zero-order chi connectivity index (χ0) is 38.6. The minimum absolute atomic E-state index is 0.0494. The lowest BCUT2D eigenvalue weighted by Gasteiger charge is -2.35. The average Bonchev–Trinajstić information content (AvgIpc) is 3.14. The second-order valence-corrected chi connectivity index (χ2v) is 15.8. The van der Waals surface area contributed by atoms with Gasteiger partial charge >= 0.3 is 17.9 Å². The van der Waals surface area contributed by atoms with Crippen LogP contribution in [-0.2, 0) is 28.6 Å². The molecule has 1 rings (SSSR count). The third kappa shape index (κ3) is 30.0. The quantitative estimate of drug-likeness (QED) is 0.0288. The molecule has 0 aliphatic carbocycles. The van der Waals surface area contributed by atoms with Crippen LogP contribution < -0.4 is 0 Å². The Morgan fingerprint density at radius 1 is 0.566 bits per heavy atom. The molecular weight excluding hydrogens is 666 g/mol. The number of nitrogens with zero attached hydrogens (tertiary/aromatic N) is 1. The van der Waals surface area contributed by atoms with E-state index in [4.69, 9.17) is 14.2 Å². The van der Waals surface area contributed by atoms with E-state index in [0.717, 1.165) is 77.2 Å². The monoisotopic (exact) mass is 750 g/mol. The summed E-state index contributed by atoms with van der Waals surface area (Å²) in [5.41, 5.74) is 0. The fourth-order valence-corrected chi connectivity index (χ4v) is 6.91. The predicted molar refractivity (Wildman–Crippen MR) is 218 cm³/mol. The smallest absolute Gasteiger partial charge is 0.308 e. The Morgan fingerprint density at radius 3 is 1.49 bits per heavy atom. The van der Waals surface area contributed by atoms with Gasteiger partial charge in [0.2, 0.25) is 0 Å². The lowest BCUT2D eigenvalue weighted by atomic mass is 9.94. The zero-order valence-corrected chi connectivity index (χ0v) is 34.8. The number of aliphatic hydroxyl groups excluding tert-OH is 1. The van der Waals surface area contributed by atoms with Crippen LogP contribution in [0, 0.1) is 11.8 Å². The van der Waals surface area contributed by atoms with Gasteiger partial charge in [-0.05, 0) is 57.9 Å². The molecular formula is C45H83NO7. The van der Waals surface area contributed by atoms with E-state index in [9.17, 15) is 19.5 Å². The third-order valence-corrected chi connectivity index (χ3v) is 10.5. The van der Waals surface area contributed by atoms with Gasteiger partial charge in [0.25, 0.3) is 0 Å². The van der Waals surface area contributed by atoms with E-state index in [1.807, 2.05) is 0 Å². The Hall–Kier alpha value is -1.93. The van der Waals surface area contributed by atoms with E-state index in [0.29, 0.717) is 25.9 Å². The van der Waals surface area contributed by atoms with Crippen molar-refractivity contribution in [2.45, 2.75) is 207 Å². The molecule has 2 unspecified atom stereocenters. The van der Waals surface area contributed by atoms with Gasteiger partial charge in [-0.25, -0.2) is 0 Å². The number of carbonyl (C=O) groups is 3. The van der Waals surface area contributed by atoms with Gasteiger partial charge in [-0.1, -0.05) is 148 Å². The van der Waals surface area contributed by atoms with E-state index in [-0.39, 0.29) is 56.2 Å². The fraction of sp³-hybridized carbons (Fsp3) is 0.889. The van der Waals surface area contributed by atoms with E-state index < -0.39 is 5.92 Å². The van der Waals surface area contributed by atoms with E-state index >= 15 is 0 Å². The highest BCUT2D eigenvalue weighted by Gasteiger charge is 2.25. The zero-order valence-electron chi connectivity index (χ0n) is 34.8. The second kappa shape index (κ2) is 35.8. The van der Waals surface area contributed by atoms with E-state index in [2.05, 4.69) is 37.8 Å². The topological polar surface area (TPSA) is 102 Å². The van der Waals surface area contributed by atoms with Crippen LogP contribution >= 0.6 is 0 Å². The molecule has 310 valence electrons. The number of unbranched alkanes of at least 4 members (excludes halogenated alkanes) is 19. The van der Waals surface area contributed by atoms with Gasteiger partial charge in [0.05, 0.1) is 17.9 Å². The first-order chi connectivity index (χ1) is 25.9. The van der Waals surface area contributed by atoms with Crippen LogP contribution in [0.3, 0.4) is 0 Å². The van der Waals surface area contributed by atoms with Gasteiger partial charge in [-0.15, -0.1) is 0 Å². The molecule has 0 spiro atoms. The summed E-state index contributed by atoms with van der Waals surface area (Å²) in [4.78, 5) is 40.6. The fourth-order valence-electron chi connectivity index (χ4n) is 6.91. The van der Waals surface area contributed by atoms with Gasteiger partial charge in [-0.3, -0.25) is 19.3 Å². The molecule has 8 nitrogen and oxygen atoms in total. The summed E-state index contributed by atoms with van der Waals surface area (Å²) in [5.74, 6) is -1.26. The summed E-state index contributed by atoms with van der Waals surface area (Å²) in [6.45, 7) is 8.92. The first kappa shape index (κ1) is 49.1. The Balaban J connectivity index is 2.46. The number of hydrogen-bond donors (Lipinski definition) is 1. The van der Waals surface area contributed by atoms with Crippen LogP contribution in [0.25, 0.3) is 0 Å². The number of carbonyl (C=O) groups excluding carboxylic acids is 3. The lowest BCUT2D eigenvalue weighted by molar-refractivity contribution is -0.156. The molecule has 0 amide bonds. The summed E-state index contributed by atoms with van der Waals surface area (Å²) < 4.78 is 17.1. The van der Waals surface area contributed by atoms with Gasteiger partial charge in [0, 0.05) is 25.9 Å². The van der Waals surface area contributed by atoms with Gasteiger partial charge in [0.1, 0.15) is 19.8 Å². The molecule has 8 heteroatoms. The van der Waals surface area contributed by atoms with Gasteiger partial charge in [-0.2, -0.15) is 0 Å². The Kier molecular flexibility index (Phi) is 33.1. The molecule has 1 heterocycles. The van der Waals surface area contributed by atoms with Crippen LogP contribution in [0.2, 0.25) is 0 Å². The molecule has 1 aliphatic rings. The third-order valence-electron chi connectivity index (χ3n) is 10.5. The average molecular weight is 750 g/mol. The van der Waals surface area contributed by atoms with Crippen molar-refractivity contribution in [1.29, 1.82) is 0 Å². The lowest BCUT2D eigenvalue weighted by Crippen LogP contribution is -2.50. The van der Waals surface area contributed by atoms with Crippen molar-refractivity contribution >= 4 is 17.9 Å². The van der Waals surface area contributed by atoms with E-state index in [1.165, 1.54) is 89.9 Å². The second-order valence-electron chi connectivity index (χ2n) is 15.8. The van der Waals surface area contributed by atoms with Crippen molar-refractivity contribution in [3.63, 3.8) is 0 Å². The van der Waals surface area contributed by atoms with Gasteiger partial charge < -0.3 is 19.3 Å². The molecule has 0 aromatic heterocycles. The van der Waals surface area contributed by atoms with Crippen LogP contribution in [0.1, 0.15) is 201 Å². The number of hydrogen-bond acceptors (Lipinski definition) is 8. The van der Waals surface area contributed by atoms with Crippen molar-refractivity contribution in [3.05, 3.63) is 12.2 Å². The summed E-state index contributed by atoms with van der Waals surface area (Å²) in [5, 5.41) is 9.47. The standard InChI is InChI=1S/C45H83NO7/c1-4-7-10-13-15-16-17-18-19-20-21-22-23-25-28-32-43(48)51-37-40(38-52-44(49)33-29-34-46-35-42(47)36-46)39-53-45(50)41(30-26-12-9-6-3)31-27-24-14-11-8-5-2/h18-19,40-42,47H,4-17,20-39H2,1-3H3/b19-18-. The number of allylic oxidation sites excluding steroid dienone is 2. The van der Waals surface area contributed by atoms with E-state index in [1.54, 1.807) is 0 Å². The van der Waals surface area contributed by atoms with Crippen LogP contribution in [0.4, 0.5) is 0 Å². The molecule has 0 radical (unpaired) electrons.